The van der Waals surface area contributed by atoms with E-state index in [9.17, 15) is 0 Å². The third kappa shape index (κ3) is 2.85. The highest BCUT2D eigenvalue weighted by Crippen LogP contribution is 2.33. The number of nitrogens with zero attached hydrogens (tertiary/aromatic N) is 1. The molecule has 3 saturated heterocycles. The predicted octanol–water partition coefficient (Wildman–Crippen LogP) is 2.64. The molecule has 0 radical (unpaired) electrons. The van der Waals surface area contributed by atoms with Crippen molar-refractivity contribution in [1.29, 1.82) is 0 Å². The van der Waals surface area contributed by atoms with E-state index in [1.807, 2.05) is 0 Å². The van der Waals surface area contributed by atoms with Crippen LogP contribution in [0.5, 0.6) is 0 Å². The lowest BCUT2D eigenvalue weighted by Crippen LogP contribution is -2.39. The number of hydrogen-bond acceptors (Lipinski definition) is 2. The molecule has 3 unspecified atom stereocenters. The van der Waals surface area contributed by atoms with Gasteiger partial charge in [-0.25, -0.2) is 0 Å². The molecule has 3 fully saturated rings. The molecule has 0 saturated carbocycles. The minimum Gasteiger partial charge on any atom is -0.311 e. The zero-order chi connectivity index (χ0) is 11.7. The van der Waals surface area contributed by atoms with Gasteiger partial charge in [0.25, 0.3) is 0 Å². The maximum absolute atomic E-state index is 3.75. The summed E-state index contributed by atoms with van der Waals surface area (Å²) in [5.41, 5.74) is 0. The van der Waals surface area contributed by atoms with Crippen LogP contribution in [0.1, 0.15) is 51.9 Å². The lowest BCUT2D eigenvalue weighted by atomic mass is 9.89. The Balaban J connectivity index is 1.40. The fourth-order valence-corrected chi connectivity index (χ4v) is 4.23. The van der Waals surface area contributed by atoms with Gasteiger partial charge >= 0.3 is 0 Å². The number of likely N-dealkylation sites (tertiary alicyclic amines) is 1. The number of fused-ring (bicyclic) bond motifs is 2. The lowest BCUT2D eigenvalue weighted by molar-refractivity contribution is 0.238. The molecule has 0 aliphatic carbocycles. The van der Waals surface area contributed by atoms with Gasteiger partial charge in [-0.15, -0.1) is 0 Å². The van der Waals surface area contributed by atoms with Crippen molar-refractivity contribution in [2.75, 3.05) is 19.6 Å². The van der Waals surface area contributed by atoms with Crippen LogP contribution in [0.2, 0.25) is 0 Å². The molecule has 0 aromatic rings. The van der Waals surface area contributed by atoms with Crippen molar-refractivity contribution in [3.8, 4) is 0 Å². The zero-order valence-electron chi connectivity index (χ0n) is 11.3. The van der Waals surface area contributed by atoms with Crippen LogP contribution in [0.3, 0.4) is 0 Å². The van der Waals surface area contributed by atoms with E-state index in [-0.39, 0.29) is 0 Å². The molecular weight excluding hydrogens is 208 g/mol. The molecule has 17 heavy (non-hydrogen) atoms. The van der Waals surface area contributed by atoms with Crippen molar-refractivity contribution >= 4 is 0 Å². The Labute approximate surface area is 106 Å². The number of rotatable bonds is 4. The van der Waals surface area contributed by atoms with Crippen LogP contribution in [0.15, 0.2) is 0 Å². The second-order valence-corrected chi connectivity index (χ2v) is 6.63. The minimum absolute atomic E-state index is 0.876. The standard InChI is InChI=1S/C15H28N2/c1-2-12-5-7-17(11-12)8-6-13-9-14-3-4-15(10-13)16-14/h12-16H,2-11H2,1H3. The zero-order valence-corrected chi connectivity index (χ0v) is 11.3. The summed E-state index contributed by atoms with van der Waals surface area (Å²) in [6.45, 7) is 6.48. The monoisotopic (exact) mass is 236 g/mol. The minimum atomic E-state index is 0.876. The number of piperidine rings is 1. The van der Waals surface area contributed by atoms with Gasteiger partial charge in [0.15, 0.2) is 0 Å². The highest BCUT2D eigenvalue weighted by atomic mass is 15.1. The fraction of sp³-hybridized carbons (Fsp3) is 1.00. The molecule has 2 heteroatoms. The first-order valence-corrected chi connectivity index (χ1v) is 7.82. The number of nitrogens with one attached hydrogen (secondary N) is 1. The summed E-state index contributed by atoms with van der Waals surface area (Å²) in [5.74, 6) is 2.02. The molecule has 0 aromatic carbocycles. The summed E-state index contributed by atoms with van der Waals surface area (Å²) in [6, 6.07) is 1.75. The quantitative estimate of drug-likeness (QED) is 0.807. The third-order valence-corrected chi connectivity index (χ3v) is 5.37. The number of hydrogen-bond donors (Lipinski definition) is 1. The van der Waals surface area contributed by atoms with Crippen LogP contribution in [-0.4, -0.2) is 36.6 Å². The maximum Gasteiger partial charge on any atom is 0.00728 e. The molecule has 98 valence electrons. The second-order valence-electron chi connectivity index (χ2n) is 6.63. The summed E-state index contributed by atoms with van der Waals surface area (Å²) >= 11 is 0. The third-order valence-electron chi connectivity index (χ3n) is 5.37. The SMILES string of the molecule is CCC1CCN(CCC2CC3CCC(C2)N3)C1. The van der Waals surface area contributed by atoms with E-state index in [2.05, 4.69) is 17.1 Å². The molecular formula is C15H28N2. The average Bonchev–Trinajstić information content (AvgIpc) is 2.93. The molecule has 0 spiro atoms. The summed E-state index contributed by atoms with van der Waals surface area (Å²) in [4.78, 5) is 2.72. The van der Waals surface area contributed by atoms with E-state index in [0.717, 1.165) is 23.9 Å². The van der Waals surface area contributed by atoms with Gasteiger partial charge in [0.05, 0.1) is 0 Å². The molecule has 0 aromatic heterocycles. The highest BCUT2D eigenvalue weighted by Gasteiger charge is 2.33. The summed E-state index contributed by atoms with van der Waals surface area (Å²) in [7, 11) is 0. The Morgan fingerprint density at radius 1 is 1.06 bits per heavy atom. The van der Waals surface area contributed by atoms with Crippen LogP contribution >= 0.6 is 0 Å². The van der Waals surface area contributed by atoms with Crippen molar-refractivity contribution in [2.45, 2.75) is 64.0 Å². The summed E-state index contributed by atoms with van der Waals surface area (Å²) in [5, 5.41) is 3.75. The van der Waals surface area contributed by atoms with E-state index < -0.39 is 0 Å². The molecule has 3 rings (SSSR count). The highest BCUT2D eigenvalue weighted by molar-refractivity contribution is 4.92. The van der Waals surface area contributed by atoms with Gasteiger partial charge in [-0.05, 0) is 63.5 Å². The molecule has 3 heterocycles. The van der Waals surface area contributed by atoms with Crippen molar-refractivity contribution in [2.24, 2.45) is 11.8 Å². The molecule has 3 aliphatic heterocycles. The molecule has 2 nitrogen and oxygen atoms in total. The molecule has 3 aliphatic rings. The van der Waals surface area contributed by atoms with Crippen LogP contribution in [0.4, 0.5) is 0 Å². The molecule has 1 N–H and O–H groups in total. The van der Waals surface area contributed by atoms with E-state index >= 15 is 0 Å². The molecule has 3 atom stereocenters. The van der Waals surface area contributed by atoms with E-state index in [1.54, 1.807) is 0 Å². The smallest absolute Gasteiger partial charge is 0.00728 e. The van der Waals surface area contributed by atoms with E-state index in [4.69, 9.17) is 0 Å². The van der Waals surface area contributed by atoms with Crippen LogP contribution < -0.4 is 5.32 Å². The average molecular weight is 236 g/mol. The van der Waals surface area contributed by atoms with Gasteiger partial charge in [-0.3, -0.25) is 0 Å². The van der Waals surface area contributed by atoms with Gasteiger partial charge in [-0.1, -0.05) is 13.3 Å². The van der Waals surface area contributed by atoms with Gasteiger partial charge in [-0.2, -0.15) is 0 Å². The Kier molecular flexibility index (Phi) is 3.72. The van der Waals surface area contributed by atoms with Crippen LogP contribution in [-0.2, 0) is 0 Å². The topological polar surface area (TPSA) is 15.3 Å². The Hall–Kier alpha value is -0.0800. The van der Waals surface area contributed by atoms with Gasteiger partial charge in [0.2, 0.25) is 0 Å². The van der Waals surface area contributed by atoms with E-state index in [0.29, 0.717) is 0 Å². The summed E-state index contributed by atoms with van der Waals surface area (Å²) in [6.07, 6.45) is 10.1. The second kappa shape index (κ2) is 5.27. The van der Waals surface area contributed by atoms with E-state index in [1.165, 1.54) is 64.6 Å². The molecule has 2 bridgehead atoms. The largest absolute Gasteiger partial charge is 0.311 e. The van der Waals surface area contributed by atoms with Gasteiger partial charge in [0.1, 0.15) is 0 Å². The fourth-order valence-electron chi connectivity index (χ4n) is 4.23. The normalized spacial score (nSPS) is 42.2. The van der Waals surface area contributed by atoms with Crippen LogP contribution in [0.25, 0.3) is 0 Å². The van der Waals surface area contributed by atoms with Crippen molar-refractivity contribution in [3.63, 3.8) is 0 Å². The Morgan fingerprint density at radius 2 is 1.82 bits per heavy atom. The first-order chi connectivity index (χ1) is 8.33. The van der Waals surface area contributed by atoms with Gasteiger partial charge in [0, 0.05) is 18.6 Å². The Bertz CT molecular complexity index is 241. The summed E-state index contributed by atoms with van der Waals surface area (Å²) < 4.78 is 0. The first kappa shape index (κ1) is 12.0. The van der Waals surface area contributed by atoms with Crippen molar-refractivity contribution < 1.29 is 0 Å². The Morgan fingerprint density at radius 3 is 2.47 bits per heavy atom. The van der Waals surface area contributed by atoms with Crippen LogP contribution in [0, 0.1) is 11.8 Å². The maximum atomic E-state index is 3.75. The first-order valence-electron chi connectivity index (χ1n) is 7.82. The predicted molar refractivity (Wildman–Crippen MR) is 72.1 cm³/mol. The molecule has 0 amide bonds. The van der Waals surface area contributed by atoms with Gasteiger partial charge < -0.3 is 10.2 Å². The lowest BCUT2D eigenvalue weighted by Gasteiger charge is -2.30. The van der Waals surface area contributed by atoms with Crippen molar-refractivity contribution in [1.82, 2.24) is 10.2 Å². The van der Waals surface area contributed by atoms with Crippen molar-refractivity contribution in [3.05, 3.63) is 0 Å².